The molecule has 1 unspecified atom stereocenters. The van der Waals surface area contributed by atoms with E-state index in [1.54, 1.807) is 6.20 Å². The first-order valence-corrected chi connectivity index (χ1v) is 10.6. The molecule has 1 aromatic heterocycles. The molecule has 2 amide bonds. The lowest BCUT2D eigenvalue weighted by molar-refractivity contribution is -0.146. The monoisotopic (exact) mass is 432 g/mol. The van der Waals surface area contributed by atoms with Gasteiger partial charge in [-0.2, -0.15) is 10.2 Å². The Kier molecular flexibility index (Phi) is 5.36. The zero-order chi connectivity index (χ0) is 22.1. The SMILES string of the molecule is COC(=O)C1c2c(cnn2CCc2ccccc2)[C@H]2CN1C(=O)N2OCc1ccccc1. The van der Waals surface area contributed by atoms with Gasteiger partial charge in [0.1, 0.15) is 12.6 Å². The molecule has 0 radical (unpaired) electrons. The standard InChI is InChI=1S/C24H24N4O4/c1-31-23(29)22-21-19(14-25-27(21)13-12-17-8-4-2-5-9-17)20-15-26(22)24(30)28(20)32-16-18-10-6-3-7-11-18/h2-11,14,20,22H,12-13,15-16H2,1H3/t20-,22?/m1/s1. The summed E-state index contributed by atoms with van der Waals surface area (Å²) < 4.78 is 6.88. The summed E-state index contributed by atoms with van der Waals surface area (Å²) in [7, 11) is 1.34. The van der Waals surface area contributed by atoms with Crippen LogP contribution in [-0.4, -0.2) is 45.4 Å². The number of aromatic nitrogens is 2. The zero-order valence-electron chi connectivity index (χ0n) is 17.8. The number of hydrogen-bond donors (Lipinski definition) is 0. The summed E-state index contributed by atoms with van der Waals surface area (Å²) in [5.74, 6) is -0.482. The molecule has 3 heterocycles. The smallest absolute Gasteiger partial charge is 0.345 e. The molecule has 1 fully saturated rings. The average Bonchev–Trinajstić information content (AvgIpc) is 3.38. The number of carbonyl (C=O) groups is 2. The Morgan fingerprint density at radius 1 is 1.06 bits per heavy atom. The molecule has 2 aromatic carbocycles. The van der Waals surface area contributed by atoms with Gasteiger partial charge in [0, 0.05) is 12.1 Å². The van der Waals surface area contributed by atoms with Crippen LogP contribution in [0.2, 0.25) is 0 Å². The molecule has 0 spiro atoms. The van der Waals surface area contributed by atoms with Gasteiger partial charge in [-0.1, -0.05) is 60.7 Å². The number of hydroxylamine groups is 2. The van der Waals surface area contributed by atoms with Crippen LogP contribution in [-0.2, 0) is 33.9 Å². The van der Waals surface area contributed by atoms with E-state index in [1.807, 2.05) is 53.2 Å². The zero-order valence-corrected chi connectivity index (χ0v) is 17.8. The fraction of sp³-hybridized carbons (Fsp3) is 0.292. The van der Waals surface area contributed by atoms with Crippen molar-refractivity contribution in [2.45, 2.75) is 31.7 Å². The number of aryl methyl sites for hydroxylation is 2. The van der Waals surface area contributed by atoms with Gasteiger partial charge >= 0.3 is 12.0 Å². The molecule has 1 saturated heterocycles. The Morgan fingerprint density at radius 3 is 2.44 bits per heavy atom. The summed E-state index contributed by atoms with van der Waals surface area (Å²) in [6.07, 6.45) is 2.51. The van der Waals surface area contributed by atoms with Gasteiger partial charge in [0.15, 0.2) is 6.04 Å². The lowest BCUT2D eigenvalue weighted by Gasteiger charge is -2.29. The maximum atomic E-state index is 13.2. The first kappa shape index (κ1) is 20.3. The highest BCUT2D eigenvalue weighted by atomic mass is 16.7. The molecule has 32 heavy (non-hydrogen) atoms. The summed E-state index contributed by atoms with van der Waals surface area (Å²) >= 11 is 0. The lowest BCUT2D eigenvalue weighted by atomic mass is 9.98. The first-order chi connectivity index (χ1) is 15.7. The molecule has 3 aromatic rings. The van der Waals surface area contributed by atoms with Gasteiger partial charge in [0.05, 0.1) is 25.5 Å². The van der Waals surface area contributed by atoms with Crippen molar-refractivity contribution in [3.8, 4) is 0 Å². The number of amides is 2. The summed E-state index contributed by atoms with van der Waals surface area (Å²) in [5.41, 5.74) is 3.65. The molecule has 8 nitrogen and oxygen atoms in total. The highest BCUT2D eigenvalue weighted by molar-refractivity contribution is 5.87. The molecule has 0 N–H and O–H groups in total. The van der Waals surface area contributed by atoms with Crippen LogP contribution in [0, 0.1) is 0 Å². The van der Waals surface area contributed by atoms with E-state index in [4.69, 9.17) is 9.57 Å². The quantitative estimate of drug-likeness (QED) is 0.536. The number of esters is 1. The van der Waals surface area contributed by atoms with E-state index < -0.39 is 12.0 Å². The Hall–Kier alpha value is -3.65. The fourth-order valence-electron chi connectivity index (χ4n) is 4.42. The minimum absolute atomic E-state index is 0.261. The second-order valence-electron chi connectivity index (χ2n) is 7.91. The maximum absolute atomic E-state index is 13.2. The van der Waals surface area contributed by atoms with Gasteiger partial charge in [0.2, 0.25) is 0 Å². The van der Waals surface area contributed by atoms with Crippen LogP contribution in [0.15, 0.2) is 66.9 Å². The van der Waals surface area contributed by atoms with Crippen molar-refractivity contribution in [1.29, 1.82) is 0 Å². The van der Waals surface area contributed by atoms with Crippen LogP contribution in [0.4, 0.5) is 4.79 Å². The second kappa shape index (κ2) is 8.47. The van der Waals surface area contributed by atoms with Crippen LogP contribution < -0.4 is 0 Å². The molecular formula is C24H24N4O4. The predicted molar refractivity (Wildman–Crippen MR) is 115 cm³/mol. The van der Waals surface area contributed by atoms with Gasteiger partial charge < -0.3 is 9.64 Å². The summed E-state index contributed by atoms with van der Waals surface area (Å²) in [6, 6.07) is 18.2. The van der Waals surface area contributed by atoms with E-state index in [-0.39, 0.29) is 18.7 Å². The molecule has 2 aliphatic rings. The minimum atomic E-state index is -0.845. The summed E-state index contributed by atoms with van der Waals surface area (Å²) in [6.45, 7) is 1.20. The Labute approximate surface area is 185 Å². The third-order valence-electron chi connectivity index (χ3n) is 6.02. The van der Waals surface area contributed by atoms with Crippen molar-refractivity contribution in [3.05, 3.63) is 89.2 Å². The van der Waals surface area contributed by atoms with E-state index in [9.17, 15) is 9.59 Å². The Morgan fingerprint density at radius 2 is 1.75 bits per heavy atom. The number of fused-ring (bicyclic) bond motifs is 4. The summed E-state index contributed by atoms with van der Waals surface area (Å²) in [4.78, 5) is 33.4. The van der Waals surface area contributed by atoms with Crippen LogP contribution in [0.5, 0.6) is 0 Å². The first-order valence-electron chi connectivity index (χ1n) is 10.6. The maximum Gasteiger partial charge on any atom is 0.345 e. The third kappa shape index (κ3) is 3.52. The second-order valence-corrected chi connectivity index (χ2v) is 7.91. The van der Waals surface area contributed by atoms with Gasteiger partial charge in [0.25, 0.3) is 0 Å². The predicted octanol–water partition coefficient (Wildman–Crippen LogP) is 3.26. The van der Waals surface area contributed by atoms with Crippen molar-refractivity contribution in [1.82, 2.24) is 19.7 Å². The minimum Gasteiger partial charge on any atom is -0.467 e. The lowest BCUT2D eigenvalue weighted by Crippen LogP contribution is -2.40. The molecule has 2 atom stereocenters. The van der Waals surface area contributed by atoms with Crippen LogP contribution in [0.1, 0.15) is 34.5 Å². The number of benzene rings is 2. The largest absolute Gasteiger partial charge is 0.467 e. The van der Waals surface area contributed by atoms with Crippen molar-refractivity contribution in [2.24, 2.45) is 0 Å². The van der Waals surface area contributed by atoms with Crippen LogP contribution in [0.3, 0.4) is 0 Å². The highest BCUT2D eigenvalue weighted by Crippen LogP contribution is 2.44. The van der Waals surface area contributed by atoms with Crippen molar-refractivity contribution >= 4 is 12.0 Å². The van der Waals surface area contributed by atoms with Crippen molar-refractivity contribution < 1.29 is 19.2 Å². The molecule has 0 aliphatic carbocycles. The molecule has 164 valence electrons. The molecular weight excluding hydrogens is 408 g/mol. The van der Waals surface area contributed by atoms with Crippen molar-refractivity contribution in [3.63, 3.8) is 0 Å². The third-order valence-corrected chi connectivity index (χ3v) is 6.02. The van der Waals surface area contributed by atoms with Crippen LogP contribution >= 0.6 is 0 Å². The highest BCUT2D eigenvalue weighted by Gasteiger charge is 2.53. The average molecular weight is 432 g/mol. The van der Waals surface area contributed by atoms with Crippen LogP contribution in [0.25, 0.3) is 0 Å². The van der Waals surface area contributed by atoms with E-state index >= 15 is 0 Å². The topological polar surface area (TPSA) is 76.9 Å². The number of urea groups is 1. The number of methoxy groups -OCH3 is 1. The number of carbonyl (C=O) groups excluding carboxylic acids is 2. The van der Waals surface area contributed by atoms with Crippen molar-refractivity contribution in [2.75, 3.05) is 13.7 Å². The van der Waals surface area contributed by atoms with Gasteiger partial charge in [-0.3, -0.25) is 9.52 Å². The Balaban J connectivity index is 1.44. The molecule has 8 heteroatoms. The molecule has 0 saturated carbocycles. The Bertz CT molecular complexity index is 1120. The summed E-state index contributed by atoms with van der Waals surface area (Å²) in [5, 5.41) is 5.94. The van der Waals surface area contributed by atoms with Gasteiger partial charge in [-0.25, -0.2) is 9.59 Å². The number of rotatable bonds is 7. The van der Waals surface area contributed by atoms with Gasteiger partial charge in [-0.15, -0.1) is 0 Å². The fourth-order valence-corrected chi connectivity index (χ4v) is 4.42. The molecule has 2 bridgehead atoms. The van der Waals surface area contributed by atoms with E-state index in [1.165, 1.54) is 22.6 Å². The number of hydrogen-bond acceptors (Lipinski definition) is 5. The van der Waals surface area contributed by atoms with E-state index in [2.05, 4.69) is 17.2 Å². The number of nitrogens with zero attached hydrogens (tertiary/aromatic N) is 4. The number of ether oxygens (including phenoxy) is 1. The van der Waals surface area contributed by atoms with E-state index in [0.29, 0.717) is 18.8 Å². The molecule has 2 aliphatic heterocycles. The van der Waals surface area contributed by atoms with E-state index in [0.717, 1.165) is 17.5 Å². The molecule has 5 rings (SSSR count). The van der Waals surface area contributed by atoms with Gasteiger partial charge in [-0.05, 0) is 17.5 Å². The normalized spacial score (nSPS) is 19.2.